The number of nitrogens with zero attached hydrogens (tertiary/aromatic N) is 1. The minimum absolute atomic E-state index is 0. The Bertz CT molecular complexity index is 979. The molecule has 1 aliphatic rings. The van der Waals surface area contributed by atoms with Crippen molar-refractivity contribution in [2.24, 2.45) is 0 Å². The first-order valence-electron chi connectivity index (χ1n) is 10.8. The SMILES string of the molecule is Cl.Cl.Clc1ccc(COc2cccc(CNC3CCN(Cc4ccccc4)CC3)c2)c(Cl)c1. The molecule has 0 atom stereocenters. The van der Waals surface area contributed by atoms with Gasteiger partial charge in [-0.05, 0) is 61.3 Å². The first kappa shape index (κ1) is 27.8. The Balaban J connectivity index is 0.00000193. The zero-order valence-corrected chi connectivity index (χ0v) is 21.5. The summed E-state index contributed by atoms with van der Waals surface area (Å²) in [5.41, 5.74) is 3.55. The van der Waals surface area contributed by atoms with Gasteiger partial charge in [-0.25, -0.2) is 0 Å². The fourth-order valence-electron chi connectivity index (χ4n) is 3.94. The van der Waals surface area contributed by atoms with Gasteiger partial charge in [-0.1, -0.05) is 71.7 Å². The molecule has 4 rings (SSSR count). The lowest BCUT2D eigenvalue weighted by Crippen LogP contribution is -2.41. The first-order valence-corrected chi connectivity index (χ1v) is 11.6. The van der Waals surface area contributed by atoms with Crippen molar-refractivity contribution in [3.8, 4) is 5.75 Å². The Hall–Kier alpha value is -1.46. The maximum Gasteiger partial charge on any atom is 0.120 e. The second-order valence-electron chi connectivity index (χ2n) is 8.09. The van der Waals surface area contributed by atoms with Crippen LogP contribution < -0.4 is 10.1 Å². The lowest BCUT2D eigenvalue weighted by atomic mass is 10.0. The molecule has 0 amide bonds. The van der Waals surface area contributed by atoms with Crippen molar-refractivity contribution >= 4 is 48.0 Å². The van der Waals surface area contributed by atoms with Crippen LogP contribution in [0.2, 0.25) is 10.0 Å². The Labute approximate surface area is 219 Å². The quantitative estimate of drug-likeness (QED) is 0.336. The topological polar surface area (TPSA) is 24.5 Å². The summed E-state index contributed by atoms with van der Waals surface area (Å²) in [5, 5.41) is 4.98. The molecule has 33 heavy (non-hydrogen) atoms. The minimum Gasteiger partial charge on any atom is -0.489 e. The normalized spacial score (nSPS) is 14.2. The van der Waals surface area contributed by atoms with Gasteiger partial charge < -0.3 is 10.1 Å². The summed E-state index contributed by atoms with van der Waals surface area (Å²) >= 11 is 12.2. The summed E-state index contributed by atoms with van der Waals surface area (Å²) in [6.45, 7) is 4.59. The summed E-state index contributed by atoms with van der Waals surface area (Å²) in [7, 11) is 0. The molecule has 1 N–H and O–H groups in total. The average Bonchev–Trinajstić information content (AvgIpc) is 2.79. The average molecular weight is 528 g/mol. The van der Waals surface area contributed by atoms with Crippen molar-refractivity contribution in [1.29, 1.82) is 0 Å². The van der Waals surface area contributed by atoms with Crippen LogP contribution in [0.4, 0.5) is 0 Å². The number of likely N-dealkylation sites (tertiary alicyclic amines) is 1. The highest BCUT2D eigenvalue weighted by atomic mass is 35.5. The molecule has 0 unspecified atom stereocenters. The largest absolute Gasteiger partial charge is 0.489 e. The van der Waals surface area contributed by atoms with Crippen LogP contribution in [0.1, 0.15) is 29.5 Å². The fraction of sp³-hybridized carbons (Fsp3) is 0.308. The van der Waals surface area contributed by atoms with E-state index in [2.05, 4.69) is 52.7 Å². The molecule has 3 nitrogen and oxygen atoms in total. The van der Waals surface area contributed by atoms with E-state index in [9.17, 15) is 0 Å². The Morgan fingerprint density at radius 1 is 0.848 bits per heavy atom. The molecule has 3 aromatic rings. The van der Waals surface area contributed by atoms with Crippen molar-refractivity contribution in [3.05, 3.63) is 99.5 Å². The van der Waals surface area contributed by atoms with Gasteiger partial charge in [0.25, 0.3) is 0 Å². The number of halogens is 4. The predicted molar refractivity (Wildman–Crippen MR) is 143 cm³/mol. The summed E-state index contributed by atoms with van der Waals surface area (Å²) in [6, 6.07) is 25.0. The maximum atomic E-state index is 6.24. The van der Waals surface area contributed by atoms with Gasteiger partial charge in [-0.2, -0.15) is 0 Å². The second kappa shape index (κ2) is 14.1. The van der Waals surface area contributed by atoms with Crippen LogP contribution in [-0.4, -0.2) is 24.0 Å². The first-order chi connectivity index (χ1) is 15.2. The van der Waals surface area contributed by atoms with Crippen LogP contribution in [-0.2, 0) is 19.7 Å². The third-order valence-corrected chi connectivity index (χ3v) is 6.33. The molecule has 1 heterocycles. The highest BCUT2D eigenvalue weighted by Crippen LogP contribution is 2.23. The van der Waals surface area contributed by atoms with Crippen molar-refractivity contribution in [2.75, 3.05) is 13.1 Å². The summed E-state index contributed by atoms with van der Waals surface area (Å²) < 4.78 is 5.95. The Kier molecular flexibility index (Phi) is 11.8. The van der Waals surface area contributed by atoms with E-state index in [0.717, 1.165) is 37.5 Å². The van der Waals surface area contributed by atoms with Gasteiger partial charge in [0.1, 0.15) is 12.4 Å². The van der Waals surface area contributed by atoms with E-state index in [1.165, 1.54) is 24.0 Å². The zero-order valence-electron chi connectivity index (χ0n) is 18.4. The van der Waals surface area contributed by atoms with Crippen molar-refractivity contribution < 1.29 is 4.74 Å². The van der Waals surface area contributed by atoms with Gasteiger partial charge in [0.05, 0.1) is 0 Å². The number of hydrogen-bond acceptors (Lipinski definition) is 3. The molecule has 3 aromatic carbocycles. The van der Waals surface area contributed by atoms with Crippen molar-refractivity contribution in [3.63, 3.8) is 0 Å². The van der Waals surface area contributed by atoms with Gasteiger partial charge in [0.2, 0.25) is 0 Å². The number of ether oxygens (including phenoxy) is 1. The third-order valence-electron chi connectivity index (χ3n) is 5.74. The van der Waals surface area contributed by atoms with Crippen LogP contribution in [0.5, 0.6) is 5.75 Å². The van der Waals surface area contributed by atoms with Crippen molar-refractivity contribution in [1.82, 2.24) is 10.2 Å². The van der Waals surface area contributed by atoms with Gasteiger partial charge in [0.15, 0.2) is 0 Å². The molecular weight excluding hydrogens is 498 g/mol. The monoisotopic (exact) mass is 526 g/mol. The van der Waals surface area contributed by atoms with Crippen LogP contribution in [0.3, 0.4) is 0 Å². The Morgan fingerprint density at radius 2 is 1.58 bits per heavy atom. The van der Waals surface area contributed by atoms with E-state index < -0.39 is 0 Å². The van der Waals surface area contributed by atoms with Crippen LogP contribution in [0, 0.1) is 0 Å². The zero-order chi connectivity index (χ0) is 21.5. The summed E-state index contributed by atoms with van der Waals surface area (Å²) in [5.74, 6) is 0.850. The van der Waals surface area contributed by atoms with Crippen LogP contribution >= 0.6 is 48.0 Å². The molecule has 0 saturated carbocycles. The molecule has 1 saturated heterocycles. The summed E-state index contributed by atoms with van der Waals surface area (Å²) in [4.78, 5) is 2.55. The molecule has 0 aromatic heterocycles. The molecule has 1 aliphatic heterocycles. The maximum absolute atomic E-state index is 6.24. The van der Waals surface area contributed by atoms with E-state index >= 15 is 0 Å². The molecular formula is C26H30Cl4N2O. The number of rotatable bonds is 8. The molecule has 1 fully saturated rings. The van der Waals surface area contributed by atoms with Crippen LogP contribution in [0.25, 0.3) is 0 Å². The van der Waals surface area contributed by atoms with E-state index in [1.54, 1.807) is 6.07 Å². The van der Waals surface area contributed by atoms with E-state index in [4.69, 9.17) is 27.9 Å². The van der Waals surface area contributed by atoms with Gasteiger partial charge >= 0.3 is 0 Å². The van der Waals surface area contributed by atoms with Crippen LogP contribution in [0.15, 0.2) is 72.8 Å². The minimum atomic E-state index is 0. The van der Waals surface area contributed by atoms with Crippen molar-refractivity contribution in [2.45, 2.75) is 38.6 Å². The lowest BCUT2D eigenvalue weighted by Gasteiger charge is -2.32. The highest BCUT2D eigenvalue weighted by molar-refractivity contribution is 6.35. The van der Waals surface area contributed by atoms with E-state index in [0.29, 0.717) is 22.7 Å². The highest BCUT2D eigenvalue weighted by Gasteiger charge is 2.18. The number of piperidine rings is 1. The molecule has 178 valence electrons. The fourth-order valence-corrected chi connectivity index (χ4v) is 4.41. The molecule has 0 spiro atoms. The van der Waals surface area contributed by atoms with Gasteiger partial charge in [0, 0.05) is 34.7 Å². The second-order valence-corrected chi connectivity index (χ2v) is 8.93. The van der Waals surface area contributed by atoms with E-state index in [-0.39, 0.29) is 24.8 Å². The van der Waals surface area contributed by atoms with E-state index in [1.807, 2.05) is 24.3 Å². The lowest BCUT2D eigenvalue weighted by molar-refractivity contribution is 0.190. The third kappa shape index (κ3) is 8.68. The van der Waals surface area contributed by atoms with Gasteiger partial charge in [-0.3, -0.25) is 4.90 Å². The van der Waals surface area contributed by atoms with Gasteiger partial charge in [-0.15, -0.1) is 24.8 Å². The molecule has 0 aliphatic carbocycles. The number of benzene rings is 3. The summed E-state index contributed by atoms with van der Waals surface area (Å²) in [6.07, 6.45) is 2.36. The number of hydrogen-bond donors (Lipinski definition) is 1. The Morgan fingerprint density at radius 3 is 2.30 bits per heavy atom. The molecule has 0 bridgehead atoms. The number of nitrogens with one attached hydrogen (secondary N) is 1. The standard InChI is InChI=1S/C26H28Cl2N2O.2ClH/c27-23-10-9-22(26(28)16-23)19-31-25-8-4-7-21(15-25)17-29-24-11-13-30(14-12-24)18-20-5-2-1-3-6-20;;/h1-10,15-16,24,29H,11-14,17-19H2;2*1H. The molecule has 0 radical (unpaired) electrons. The predicted octanol–water partition coefficient (Wildman–Crippen LogP) is 7.17. The smallest absolute Gasteiger partial charge is 0.120 e. The molecule has 7 heteroatoms.